The first-order valence-corrected chi connectivity index (χ1v) is 10.2. The number of rotatable bonds is 7. The molecule has 2 N–H and O–H groups in total. The van der Waals surface area contributed by atoms with Crippen molar-refractivity contribution in [2.45, 2.75) is 56.6 Å². The molecule has 1 aliphatic carbocycles. The van der Waals surface area contributed by atoms with Gasteiger partial charge in [-0.05, 0) is 25.7 Å². The first-order chi connectivity index (χ1) is 14.1. The van der Waals surface area contributed by atoms with Crippen molar-refractivity contribution in [3.8, 4) is 0 Å². The molecule has 1 amide bonds. The van der Waals surface area contributed by atoms with Gasteiger partial charge in [0.2, 0.25) is 0 Å². The minimum absolute atomic E-state index is 0.247. The predicted molar refractivity (Wildman–Crippen MR) is 102 cm³/mol. The molecule has 10 heteroatoms. The Bertz CT molecular complexity index is 916. The van der Waals surface area contributed by atoms with Crippen LogP contribution in [-0.4, -0.2) is 64.2 Å². The van der Waals surface area contributed by atoms with E-state index in [0.717, 1.165) is 25.7 Å². The van der Waals surface area contributed by atoms with E-state index in [1.165, 1.54) is 6.20 Å². The lowest BCUT2D eigenvalue weighted by Gasteiger charge is -2.33. The summed E-state index contributed by atoms with van der Waals surface area (Å²) >= 11 is 0. The molecule has 0 radical (unpaired) electrons. The average molecular weight is 404 g/mol. The van der Waals surface area contributed by atoms with Crippen LogP contribution in [-0.2, 0) is 9.57 Å². The summed E-state index contributed by atoms with van der Waals surface area (Å²) in [5.41, 5.74) is 0.456. The summed E-state index contributed by atoms with van der Waals surface area (Å²) in [5.74, 6) is 0.427. The number of aromatic nitrogens is 3. The van der Waals surface area contributed by atoms with Crippen LogP contribution in [0.4, 0.5) is 10.2 Å². The number of alkyl halides is 1. The zero-order valence-electron chi connectivity index (χ0n) is 16.3. The number of hydrogen-bond acceptors (Lipinski definition) is 7. The minimum Gasteiger partial charge on any atom is -0.370 e. The van der Waals surface area contributed by atoms with Crippen LogP contribution in [0.5, 0.6) is 0 Å². The van der Waals surface area contributed by atoms with E-state index in [4.69, 9.17) is 9.57 Å². The number of hydrogen-bond donors (Lipinski definition) is 2. The van der Waals surface area contributed by atoms with Crippen molar-refractivity contribution in [2.75, 3.05) is 24.8 Å². The average Bonchev–Trinajstić information content (AvgIpc) is 3.15. The van der Waals surface area contributed by atoms with E-state index >= 15 is 0 Å². The molecule has 2 aromatic heterocycles. The molecule has 0 bridgehead atoms. The molecule has 0 spiro atoms. The Balaban J connectivity index is 1.32. The number of amides is 1. The van der Waals surface area contributed by atoms with Crippen molar-refractivity contribution < 1.29 is 18.8 Å². The van der Waals surface area contributed by atoms with Gasteiger partial charge in [-0.1, -0.05) is 6.92 Å². The second-order valence-corrected chi connectivity index (χ2v) is 8.02. The Morgan fingerprint density at radius 3 is 3.07 bits per heavy atom. The number of nitrogens with one attached hydrogen (secondary N) is 2. The van der Waals surface area contributed by atoms with Gasteiger partial charge in [-0.25, -0.2) is 19.0 Å². The number of carbonyl (C=O) groups excluding carboxylic acids is 1. The molecule has 4 heterocycles. The molecule has 3 atom stereocenters. The third-order valence-corrected chi connectivity index (χ3v) is 5.96. The van der Waals surface area contributed by atoms with E-state index in [1.807, 2.05) is 11.1 Å². The molecule has 2 aromatic rings. The molecule has 5 rings (SSSR count). The van der Waals surface area contributed by atoms with Crippen molar-refractivity contribution in [1.29, 1.82) is 0 Å². The molecule has 2 saturated heterocycles. The number of fused-ring (bicyclic) bond motifs is 1. The number of nitrogens with zero attached hydrogens (tertiary/aromatic N) is 4. The Hall–Kier alpha value is -2.30. The SMILES string of the molecule is CC[C@H]1CCON1c1ccn2ncc(C(=O)NC3(COC4CN[C@@H]4F)CC3)c2n1. The van der Waals surface area contributed by atoms with Crippen molar-refractivity contribution in [3.05, 3.63) is 24.0 Å². The maximum Gasteiger partial charge on any atom is 0.257 e. The molecule has 9 nitrogen and oxygen atoms in total. The van der Waals surface area contributed by atoms with Crippen LogP contribution in [0.15, 0.2) is 18.5 Å². The zero-order valence-corrected chi connectivity index (χ0v) is 16.3. The molecular formula is C19H25FN6O3. The van der Waals surface area contributed by atoms with E-state index in [-0.39, 0.29) is 11.9 Å². The highest BCUT2D eigenvalue weighted by Gasteiger charge is 2.46. The molecule has 0 aromatic carbocycles. The normalized spacial score (nSPS) is 27.8. The largest absolute Gasteiger partial charge is 0.370 e. The maximum atomic E-state index is 13.3. The van der Waals surface area contributed by atoms with Gasteiger partial charge in [-0.15, -0.1) is 0 Å². The van der Waals surface area contributed by atoms with Crippen LogP contribution in [0.1, 0.15) is 43.0 Å². The van der Waals surface area contributed by atoms with Gasteiger partial charge in [0, 0.05) is 18.8 Å². The zero-order chi connectivity index (χ0) is 20.0. The number of hydroxylamine groups is 1. The first-order valence-electron chi connectivity index (χ1n) is 10.2. The van der Waals surface area contributed by atoms with Gasteiger partial charge in [0.15, 0.2) is 17.8 Å². The molecule has 3 aliphatic rings. The summed E-state index contributed by atoms with van der Waals surface area (Å²) < 4.78 is 20.5. The highest BCUT2D eigenvalue weighted by atomic mass is 19.1. The van der Waals surface area contributed by atoms with E-state index in [0.29, 0.717) is 36.8 Å². The number of carbonyl (C=O) groups is 1. The monoisotopic (exact) mass is 404 g/mol. The van der Waals surface area contributed by atoms with Crippen LogP contribution in [0, 0.1) is 0 Å². The van der Waals surface area contributed by atoms with Crippen molar-refractivity contribution in [2.24, 2.45) is 0 Å². The Morgan fingerprint density at radius 1 is 1.52 bits per heavy atom. The van der Waals surface area contributed by atoms with Gasteiger partial charge in [0.05, 0.1) is 31.0 Å². The first kappa shape index (κ1) is 18.7. The van der Waals surface area contributed by atoms with Crippen LogP contribution >= 0.6 is 0 Å². The maximum absolute atomic E-state index is 13.3. The number of halogens is 1. The lowest BCUT2D eigenvalue weighted by Crippen LogP contribution is -2.57. The van der Waals surface area contributed by atoms with Crippen molar-refractivity contribution >= 4 is 17.4 Å². The summed E-state index contributed by atoms with van der Waals surface area (Å²) in [6.07, 6.45) is 5.28. The third kappa shape index (κ3) is 3.45. The smallest absolute Gasteiger partial charge is 0.257 e. The fourth-order valence-corrected chi connectivity index (χ4v) is 3.75. The van der Waals surface area contributed by atoms with Crippen LogP contribution < -0.4 is 15.7 Å². The second kappa shape index (κ2) is 7.19. The number of anilines is 1. The standard InChI is InChI=1S/C19H25FN6O3/c1-2-12-4-8-29-26(12)15-3-7-25-17(23-15)13(9-22-25)18(27)24-19(5-6-19)11-28-14-10-21-16(14)20/h3,7,9,12,14,16,21H,2,4-6,8,10-11H2,1H3,(H,24,27)/t12-,14?,16-/m0/s1. The molecule has 2 aliphatic heterocycles. The van der Waals surface area contributed by atoms with Gasteiger partial charge in [0.25, 0.3) is 5.91 Å². The second-order valence-electron chi connectivity index (χ2n) is 8.02. The van der Waals surface area contributed by atoms with E-state index in [9.17, 15) is 9.18 Å². The summed E-state index contributed by atoms with van der Waals surface area (Å²) in [4.78, 5) is 23.3. The lowest BCUT2D eigenvalue weighted by atomic mass is 10.2. The molecule has 1 saturated carbocycles. The van der Waals surface area contributed by atoms with E-state index < -0.39 is 17.9 Å². The highest BCUT2D eigenvalue weighted by Crippen LogP contribution is 2.37. The Kier molecular flexibility index (Phi) is 4.64. The fraction of sp³-hybridized carbons (Fsp3) is 0.632. The van der Waals surface area contributed by atoms with Gasteiger partial charge >= 0.3 is 0 Å². The van der Waals surface area contributed by atoms with E-state index in [1.54, 1.807) is 10.7 Å². The quantitative estimate of drug-likeness (QED) is 0.670. The van der Waals surface area contributed by atoms with E-state index in [2.05, 4.69) is 27.6 Å². The van der Waals surface area contributed by atoms with Crippen LogP contribution in [0.25, 0.3) is 5.65 Å². The summed E-state index contributed by atoms with van der Waals surface area (Å²) in [6.45, 7) is 3.59. The van der Waals surface area contributed by atoms with Crippen molar-refractivity contribution in [1.82, 2.24) is 25.2 Å². The third-order valence-electron chi connectivity index (χ3n) is 5.96. The molecular weight excluding hydrogens is 379 g/mol. The highest BCUT2D eigenvalue weighted by molar-refractivity contribution is 6.00. The predicted octanol–water partition coefficient (Wildman–Crippen LogP) is 1.20. The summed E-state index contributed by atoms with van der Waals surface area (Å²) in [6, 6.07) is 2.11. The van der Waals surface area contributed by atoms with Crippen molar-refractivity contribution in [3.63, 3.8) is 0 Å². The molecule has 156 valence electrons. The molecule has 3 fully saturated rings. The van der Waals surface area contributed by atoms with Gasteiger partial charge in [0.1, 0.15) is 11.7 Å². The minimum atomic E-state index is -1.12. The lowest BCUT2D eigenvalue weighted by molar-refractivity contribution is -0.0729. The van der Waals surface area contributed by atoms with Gasteiger partial charge in [-0.2, -0.15) is 5.10 Å². The van der Waals surface area contributed by atoms with Gasteiger partial charge in [-0.3, -0.25) is 14.9 Å². The Morgan fingerprint density at radius 2 is 2.38 bits per heavy atom. The summed E-state index contributed by atoms with van der Waals surface area (Å²) in [7, 11) is 0. The Labute approximate surface area is 167 Å². The topological polar surface area (TPSA) is 93.0 Å². The fourth-order valence-electron chi connectivity index (χ4n) is 3.75. The van der Waals surface area contributed by atoms with Crippen LogP contribution in [0.2, 0.25) is 0 Å². The molecule has 1 unspecified atom stereocenters. The molecule has 29 heavy (non-hydrogen) atoms. The van der Waals surface area contributed by atoms with Gasteiger partial charge < -0.3 is 10.1 Å². The van der Waals surface area contributed by atoms with Crippen LogP contribution in [0.3, 0.4) is 0 Å². The summed E-state index contributed by atoms with van der Waals surface area (Å²) in [5, 5.41) is 11.7. The number of ether oxygens (including phenoxy) is 1.